The van der Waals surface area contributed by atoms with E-state index >= 15 is 0 Å². The van der Waals surface area contributed by atoms with Gasteiger partial charge in [-0.05, 0) is 30.2 Å². The summed E-state index contributed by atoms with van der Waals surface area (Å²) in [5, 5.41) is 9.95. The highest BCUT2D eigenvalue weighted by molar-refractivity contribution is 5.95. The van der Waals surface area contributed by atoms with Crippen molar-refractivity contribution in [3.8, 4) is 5.75 Å². The Kier molecular flexibility index (Phi) is 4.57. The van der Waals surface area contributed by atoms with Crippen molar-refractivity contribution < 1.29 is 19.1 Å². The second-order valence-corrected chi connectivity index (χ2v) is 6.66. The van der Waals surface area contributed by atoms with Gasteiger partial charge < -0.3 is 14.3 Å². The minimum absolute atomic E-state index is 0.201. The number of aliphatic carboxylic acids is 1. The van der Waals surface area contributed by atoms with Crippen molar-refractivity contribution in [2.75, 3.05) is 0 Å². The van der Waals surface area contributed by atoms with Crippen LogP contribution in [0.15, 0.2) is 69.9 Å². The molecule has 5 heteroatoms. The van der Waals surface area contributed by atoms with Crippen molar-refractivity contribution in [3.05, 3.63) is 87.6 Å². The Labute approximate surface area is 160 Å². The van der Waals surface area contributed by atoms with E-state index in [4.69, 9.17) is 9.15 Å². The van der Waals surface area contributed by atoms with Gasteiger partial charge in [0.15, 0.2) is 11.3 Å². The Morgan fingerprint density at radius 3 is 2.46 bits per heavy atom. The second kappa shape index (κ2) is 7.19. The lowest BCUT2D eigenvalue weighted by Crippen LogP contribution is -2.07. The Bertz CT molecular complexity index is 1240. The van der Waals surface area contributed by atoms with E-state index in [0.717, 1.165) is 11.1 Å². The lowest BCUT2D eigenvalue weighted by molar-refractivity contribution is -0.136. The molecule has 0 aliphatic carbocycles. The molecule has 0 aliphatic rings. The number of carboxylic acid groups (broad SMARTS) is 1. The molecule has 0 saturated heterocycles. The standard InChI is InChI=1S/C23H18O5/c1-14-10-11-18-20(26)17-9-5-8-16(12-19(24)25)22(17)28-23(18)21(14)27-13-15-6-3-2-4-7-15/h2-11H,12-13H2,1H3,(H,24,25). The van der Waals surface area contributed by atoms with Gasteiger partial charge in [-0.2, -0.15) is 0 Å². The Morgan fingerprint density at radius 1 is 0.964 bits per heavy atom. The van der Waals surface area contributed by atoms with E-state index in [1.807, 2.05) is 43.3 Å². The van der Waals surface area contributed by atoms with E-state index in [-0.39, 0.29) is 17.4 Å². The summed E-state index contributed by atoms with van der Waals surface area (Å²) in [6.07, 6.45) is -0.224. The predicted molar refractivity (Wildman–Crippen MR) is 107 cm³/mol. The monoisotopic (exact) mass is 374 g/mol. The van der Waals surface area contributed by atoms with Crippen LogP contribution in [0.4, 0.5) is 0 Å². The molecule has 0 fully saturated rings. The number of para-hydroxylation sites is 1. The van der Waals surface area contributed by atoms with Crippen molar-refractivity contribution in [2.45, 2.75) is 20.0 Å². The molecule has 4 rings (SSSR count). The van der Waals surface area contributed by atoms with Gasteiger partial charge in [0.1, 0.15) is 12.2 Å². The highest BCUT2D eigenvalue weighted by Gasteiger charge is 2.17. The molecule has 4 aromatic rings. The zero-order chi connectivity index (χ0) is 19.7. The third-order valence-corrected chi connectivity index (χ3v) is 4.67. The van der Waals surface area contributed by atoms with Gasteiger partial charge in [-0.15, -0.1) is 0 Å². The SMILES string of the molecule is Cc1ccc2c(=O)c3cccc(CC(=O)O)c3oc2c1OCc1ccccc1. The minimum Gasteiger partial charge on any atom is -0.485 e. The summed E-state index contributed by atoms with van der Waals surface area (Å²) in [4.78, 5) is 24.2. The maximum atomic E-state index is 13.0. The topological polar surface area (TPSA) is 76.7 Å². The molecule has 0 aliphatic heterocycles. The first kappa shape index (κ1) is 17.8. The molecule has 5 nitrogen and oxygen atoms in total. The number of benzene rings is 3. The van der Waals surface area contributed by atoms with Gasteiger partial charge in [0, 0.05) is 5.56 Å². The third kappa shape index (κ3) is 3.22. The zero-order valence-electron chi connectivity index (χ0n) is 15.3. The van der Waals surface area contributed by atoms with E-state index in [9.17, 15) is 14.7 Å². The summed E-state index contributed by atoms with van der Waals surface area (Å²) in [5.74, 6) is -0.495. The van der Waals surface area contributed by atoms with Gasteiger partial charge in [-0.3, -0.25) is 9.59 Å². The number of rotatable bonds is 5. The van der Waals surface area contributed by atoms with Gasteiger partial charge in [0.2, 0.25) is 5.43 Å². The number of hydrogen-bond donors (Lipinski definition) is 1. The molecule has 1 heterocycles. The van der Waals surface area contributed by atoms with Gasteiger partial charge in [0.25, 0.3) is 0 Å². The van der Waals surface area contributed by atoms with Crippen LogP contribution in [0.25, 0.3) is 21.9 Å². The molecular formula is C23H18O5. The molecule has 3 aromatic carbocycles. The van der Waals surface area contributed by atoms with Crippen LogP contribution in [-0.2, 0) is 17.8 Å². The lowest BCUT2D eigenvalue weighted by Gasteiger charge is -2.13. The van der Waals surface area contributed by atoms with Crippen molar-refractivity contribution in [1.82, 2.24) is 0 Å². The summed E-state index contributed by atoms with van der Waals surface area (Å²) in [6.45, 7) is 2.21. The van der Waals surface area contributed by atoms with E-state index in [2.05, 4.69) is 0 Å². The Balaban J connectivity index is 1.91. The van der Waals surface area contributed by atoms with Gasteiger partial charge in [-0.1, -0.05) is 48.5 Å². The lowest BCUT2D eigenvalue weighted by atomic mass is 10.0. The first-order chi connectivity index (χ1) is 13.5. The Morgan fingerprint density at radius 2 is 1.71 bits per heavy atom. The van der Waals surface area contributed by atoms with Crippen LogP contribution in [0.5, 0.6) is 5.75 Å². The molecule has 0 bridgehead atoms. The summed E-state index contributed by atoms with van der Waals surface area (Å²) in [5.41, 5.74) is 2.71. The highest BCUT2D eigenvalue weighted by atomic mass is 16.5. The molecule has 1 aromatic heterocycles. The quantitative estimate of drug-likeness (QED) is 0.522. The molecule has 140 valence electrons. The van der Waals surface area contributed by atoms with Crippen LogP contribution in [0.2, 0.25) is 0 Å². The molecule has 0 saturated carbocycles. The molecular weight excluding hydrogens is 356 g/mol. The average Bonchev–Trinajstić information content (AvgIpc) is 2.68. The van der Waals surface area contributed by atoms with Crippen LogP contribution in [0.3, 0.4) is 0 Å². The third-order valence-electron chi connectivity index (χ3n) is 4.67. The largest absolute Gasteiger partial charge is 0.485 e. The van der Waals surface area contributed by atoms with Gasteiger partial charge in [-0.25, -0.2) is 0 Å². The number of carboxylic acids is 1. The number of ether oxygens (including phenoxy) is 1. The number of hydrogen-bond acceptors (Lipinski definition) is 4. The highest BCUT2D eigenvalue weighted by Crippen LogP contribution is 2.32. The molecule has 0 spiro atoms. The second-order valence-electron chi connectivity index (χ2n) is 6.66. The molecule has 0 amide bonds. The van der Waals surface area contributed by atoms with Crippen molar-refractivity contribution in [2.24, 2.45) is 0 Å². The van der Waals surface area contributed by atoms with E-state index in [1.165, 1.54) is 0 Å². The van der Waals surface area contributed by atoms with Gasteiger partial charge >= 0.3 is 5.97 Å². The van der Waals surface area contributed by atoms with E-state index < -0.39 is 5.97 Å². The van der Waals surface area contributed by atoms with E-state index in [1.54, 1.807) is 24.3 Å². The van der Waals surface area contributed by atoms with Crippen LogP contribution < -0.4 is 10.2 Å². The van der Waals surface area contributed by atoms with Crippen molar-refractivity contribution >= 4 is 27.9 Å². The average molecular weight is 374 g/mol. The van der Waals surface area contributed by atoms with Crippen LogP contribution >= 0.6 is 0 Å². The first-order valence-electron chi connectivity index (χ1n) is 8.91. The molecule has 1 N–H and O–H groups in total. The normalized spacial score (nSPS) is 11.0. The molecule has 0 unspecified atom stereocenters. The zero-order valence-corrected chi connectivity index (χ0v) is 15.3. The number of carbonyl (C=O) groups is 1. The van der Waals surface area contributed by atoms with E-state index in [0.29, 0.717) is 34.3 Å². The first-order valence-corrected chi connectivity index (χ1v) is 8.91. The number of aryl methyl sites for hydroxylation is 1. The Hall–Kier alpha value is -3.60. The molecule has 0 radical (unpaired) electrons. The molecule has 0 atom stereocenters. The minimum atomic E-state index is -0.986. The summed E-state index contributed by atoms with van der Waals surface area (Å²) in [7, 11) is 0. The summed E-state index contributed by atoms with van der Waals surface area (Å²) < 4.78 is 12.1. The smallest absolute Gasteiger partial charge is 0.307 e. The maximum absolute atomic E-state index is 13.0. The van der Waals surface area contributed by atoms with Crippen molar-refractivity contribution in [1.29, 1.82) is 0 Å². The number of fused-ring (bicyclic) bond motifs is 2. The fraction of sp³-hybridized carbons (Fsp3) is 0.130. The fourth-order valence-electron chi connectivity index (χ4n) is 3.28. The summed E-state index contributed by atoms with van der Waals surface area (Å²) >= 11 is 0. The molecule has 28 heavy (non-hydrogen) atoms. The van der Waals surface area contributed by atoms with Crippen LogP contribution in [0, 0.1) is 6.92 Å². The van der Waals surface area contributed by atoms with Gasteiger partial charge in [0.05, 0.1) is 17.2 Å². The fourth-order valence-corrected chi connectivity index (χ4v) is 3.28. The maximum Gasteiger partial charge on any atom is 0.307 e. The van der Waals surface area contributed by atoms with Crippen molar-refractivity contribution in [3.63, 3.8) is 0 Å². The summed E-state index contributed by atoms with van der Waals surface area (Å²) in [6, 6.07) is 18.2. The predicted octanol–water partition coefficient (Wildman–Crippen LogP) is 4.46. The van der Waals surface area contributed by atoms with Crippen LogP contribution in [-0.4, -0.2) is 11.1 Å². The van der Waals surface area contributed by atoms with Crippen LogP contribution in [0.1, 0.15) is 16.7 Å².